The summed E-state index contributed by atoms with van der Waals surface area (Å²) < 4.78 is 9.16. The zero-order valence-corrected chi connectivity index (χ0v) is 3.20. The van der Waals surface area contributed by atoms with E-state index in [-0.39, 0.29) is 11.3 Å². The second-order valence-corrected chi connectivity index (χ2v) is 0.833. The lowest BCUT2D eigenvalue weighted by molar-refractivity contribution is -0.102. The van der Waals surface area contributed by atoms with Gasteiger partial charge in [-0.15, -0.1) is 0 Å². The molecule has 0 spiro atoms. The Bertz CT molecular complexity index is 71.7. The minimum absolute atomic E-state index is 0.159. The predicted molar refractivity (Wildman–Crippen MR) is 20.3 cm³/mol. The summed E-state index contributed by atoms with van der Waals surface area (Å²) in [5, 5.41) is 0.931. The predicted octanol–water partition coefficient (Wildman–Crippen LogP) is -0.800. The van der Waals surface area contributed by atoms with Crippen LogP contribution in [0.15, 0.2) is 0 Å². The summed E-state index contributed by atoms with van der Waals surface area (Å²) in [6.45, 7) is 0. The van der Waals surface area contributed by atoms with Crippen molar-refractivity contribution in [1.29, 1.82) is 0 Å². The van der Waals surface area contributed by atoms with E-state index in [0.29, 0.717) is 6.29 Å². The Balaban J connectivity index is 3.31. The molecular formula is C2H2O2S. The number of aldehydes is 1. The average molecular weight is 90.1 g/mol. The molecule has 0 aliphatic rings. The SMILES string of the molecule is O=CC=S=O. The molecule has 0 aliphatic heterocycles. The van der Waals surface area contributed by atoms with E-state index in [2.05, 4.69) is 0 Å². The van der Waals surface area contributed by atoms with E-state index in [1.54, 1.807) is 0 Å². The molecule has 0 rings (SSSR count). The Morgan fingerprint density at radius 2 is 2.20 bits per heavy atom. The minimum atomic E-state index is 0.159. The molecular weight excluding hydrogens is 88.1 g/mol. The van der Waals surface area contributed by atoms with Crippen LogP contribution < -0.4 is 0 Å². The zero-order valence-electron chi connectivity index (χ0n) is 2.38. The van der Waals surface area contributed by atoms with Gasteiger partial charge in [0.1, 0.15) is 0 Å². The van der Waals surface area contributed by atoms with Crippen molar-refractivity contribution in [3.8, 4) is 0 Å². The lowest BCUT2D eigenvalue weighted by Gasteiger charge is -1.37. The standard InChI is InChI=1S/C2H2O2S/c3-1-2-5-4/h1-2H. The Morgan fingerprint density at radius 1 is 1.60 bits per heavy atom. The van der Waals surface area contributed by atoms with E-state index in [1.807, 2.05) is 0 Å². The van der Waals surface area contributed by atoms with Gasteiger partial charge in [-0.3, -0.25) is 4.79 Å². The molecule has 0 heterocycles. The fourth-order valence-electron chi connectivity index (χ4n) is 0.0227. The first kappa shape index (κ1) is 4.56. The first-order valence-corrected chi connectivity index (χ1v) is 1.78. The van der Waals surface area contributed by atoms with E-state index in [4.69, 9.17) is 9.00 Å². The first-order chi connectivity index (χ1) is 2.41. The molecule has 0 saturated heterocycles. The third kappa shape index (κ3) is 3.56. The van der Waals surface area contributed by atoms with Crippen molar-refractivity contribution in [3.63, 3.8) is 0 Å². The fourth-order valence-corrected chi connectivity index (χ4v) is 0.0680. The molecule has 0 atom stereocenters. The summed E-state index contributed by atoms with van der Waals surface area (Å²) in [4.78, 5) is 9.13. The normalized spacial score (nSPS) is 5.60. The summed E-state index contributed by atoms with van der Waals surface area (Å²) in [7, 11) is 0. The van der Waals surface area contributed by atoms with Crippen LogP contribution in [0.3, 0.4) is 0 Å². The second kappa shape index (κ2) is 3.56. The van der Waals surface area contributed by atoms with Crippen molar-refractivity contribution < 1.29 is 9.00 Å². The molecule has 0 N–H and O–H groups in total. The average Bonchev–Trinajstić information content (AvgIpc) is 1.41. The summed E-state index contributed by atoms with van der Waals surface area (Å²) >= 11 is 0.159. The van der Waals surface area contributed by atoms with Crippen molar-refractivity contribution in [2.45, 2.75) is 0 Å². The molecule has 0 radical (unpaired) electrons. The minimum Gasteiger partial charge on any atom is -0.298 e. The molecule has 0 fully saturated rings. The van der Waals surface area contributed by atoms with Gasteiger partial charge in [-0.1, -0.05) is 0 Å². The molecule has 3 heteroatoms. The fraction of sp³-hybridized carbons (Fsp3) is 0. The topological polar surface area (TPSA) is 34.1 Å². The van der Waals surface area contributed by atoms with Gasteiger partial charge in [-0.25, -0.2) is 4.21 Å². The molecule has 0 aliphatic carbocycles. The smallest absolute Gasteiger partial charge is 0.155 e. The van der Waals surface area contributed by atoms with Gasteiger partial charge in [0, 0.05) is 0 Å². The van der Waals surface area contributed by atoms with E-state index >= 15 is 0 Å². The van der Waals surface area contributed by atoms with Crippen LogP contribution in [0, 0.1) is 0 Å². The maximum absolute atomic E-state index is 9.16. The zero-order chi connectivity index (χ0) is 4.12. The third-order valence-corrected chi connectivity index (χ3v) is 0.333. The van der Waals surface area contributed by atoms with Crippen LogP contribution in [0.2, 0.25) is 0 Å². The molecule has 0 saturated carbocycles. The van der Waals surface area contributed by atoms with Gasteiger partial charge in [0.2, 0.25) is 0 Å². The number of hydrogen-bond acceptors (Lipinski definition) is 2. The van der Waals surface area contributed by atoms with Crippen molar-refractivity contribution in [1.82, 2.24) is 0 Å². The molecule has 0 amide bonds. The largest absolute Gasteiger partial charge is 0.298 e. The lowest BCUT2D eigenvalue weighted by atomic mass is 10.9. The number of carbonyl (C=O) groups excluding carboxylic acids is 1. The summed E-state index contributed by atoms with van der Waals surface area (Å²) in [6, 6.07) is 0. The Hall–Kier alpha value is -0.440. The van der Waals surface area contributed by atoms with Crippen LogP contribution in [-0.4, -0.2) is 15.9 Å². The highest BCUT2D eigenvalue weighted by Gasteiger charge is 1.48. The van der Waals surface area contributed by atoms with E-state index in [0.717, 1.165) is 5.37 Å². The third-order valence-electron chi connectivity index (χ3n) is 0.111. The number of hydrogen-bond donors (Lipinski definition) is 0. The summed E-state index contributed by atoms with van der Waals surface area (Å²) in [6.07, 6.45) is 0.456. The highest BCUT2D eigenvalue weighted by atomic mass is 32.1. The van der Waals surface area contributed by atoms with E-state index < -0.39 is 0 Å². The highest BCUT2D eigenvalue weighted by Crippen LogP contribution is 1.20. The van der Waals surface area contributed by atoms with Crippen molar-refractivity contribution in [2.24, 2.45) is 0 Å². The van der Waals surface area contributed by atoms with Crippen LogP contribution in [0.1, 0.15) is 0 Å². The molecule has 28 valence electrons. The Morgan fingerprint density at radius 3 is 2.20 bits per heavy atom. The Kier molecular flexibility index (Phi) is 3.25. The maximum atomic E-state index is 9.16. The van der Waals surface area contributed by atoms with Crippen LogP contribution in [0.5, 0.6) is 0 Å². The molecule has 0 bridgehead atoms. The molecule has 5 heavy (non-hydrogen) atoms. The van der Waals surface area contributed by atoms with Crippen LogP contribution in [0.4, 0.5) is 0 Å². The van der Waals surface area contributed by atoms with Gasteiger partial charge in [0.15, 0.2) is 6.29 Å². The van der Waals surface area contributed by atoms with Crippen molar-refractivity contribution in [2.75, 3.05) is 0 Å². The van der Waals surface area contributed by atoms with Gasteiger partial charge in [-0.05, 0) is 0 Å². The van der Waals surface area contributed by atoms with Crippen LogP contribution >= 0.6 is 0 Å². The summed E-state index contributed by atoms with van der Waals surface area (Å²) in [5.41, 5.74) is 0. The van der Waals surface area contributed by atoms with E-state index in [9.17, 15) is 0 Å². The quantitative estimate of drug-likeness (QED) is 0.312. The number of carbonyl (C=O) groups is 1. The van der Waals surface area contributed by atoms with Gasteiger partial charge in [0.05, 0.1) is 16.6 Å². The molecule has 2 nitrogen and oxygen atoms in total. The monoisotopic (exact) mass is 90.0 g/mol. The van der Waals surface area contributed by atoms with Crippen LogP contribution in [-0.2, 0) is 16.1 Å². The Labute approximate surface area is 32.9 Å². The molecule has 0 unspecified atom stereocenters. The lowest BCUT2D eigenvalue weighted by Crippen LogP contribution is -1.64. The molecule has 0 aromatic heterocycles. The van der Waals surface area contributed by atoms with Crippen molar-refractivity contribution in [3.05, 3.63) is 0 Å². The highest BCUT2D eigenvalue weighted by molar-refractivity contribution is 7.66. The summed E-state index contributed by atoms with van der Waals surface area (Å²) in [5.74, 6) is 0. The van der Waals surface area contributed by atoms with Gasteiger partial charge in [0.25, 0.3) is 0 Å². The van der Waals surface area contributed by atoms with Gasteiger partial charge >= 0.3 is 0 Å². The van der Waals surface area contributed by atoms with Crippen molar-refractivity contribution >= 4 is 22.9 Å². The maximum Gasteiger partial charge on any atom is 0.155 e. The van der Waals surface area contributed by atoms with E-state index in [1.165, 1.54) is 0 Å². The van der Waals surface area contributed by atoms with Crippen LogP contribution in [0.25, 0.3) is 0 Å². The number of rotatable bonds is 1. The molecule has 0 aromatic rings. The van der Waals surface area contributed by atoms with Gasteiger partial charge in [-0.2, -0.15) is 0 Å². The second-order valence-electron chi connectivity index (χ2n) is 0.368. The molecule has 0 aromatic carbocycles. The van der Waals surface area contributed by atoms with Gasteiger partial charge < -0.3 is 0 Å². The first-order valence-electron chi connectivity index (χ1n) is 0.971.